The van der Waals surface area contributed by atoms with E-state index in [2.05, 4.69) is 10.6 Å². The van der Waals surface area contributed by atoms with Crippen molar-refractivity contribution in [1.82, 2.24) is 5.32 Å². The first-order valence-electron chi connectivity index (χ1n) is 6.06. The topological polar surface area (TPSA) is 84.3 Å². The summed E-state index contributed by atoms with van der Waals surface area (Å²) in [6, 6.07) is 3.01. The van der Waals surface area contributed by atoms with Crippen LogP contribution in [0.4, 0.5) is 15.8 Å². The van der Waals surface area contributed by atoms with Crippen LogP contribution in [0, 0.1) is 15.9 Å². The second-order valence-electron chi connectivity index (χ2n) is 4.42. The molecule has 2 rings (SSSR count). The van der Waals surface area contributed by atoms with Crippen molar-refractivity contribution in [2.75, 3.05) is 11.9 Å². The molecule has 102 valence electrons. The zero-order chi connectivity index (χ0) is 13.8. The Bertz CT molecular complexity index is 501. The SMILES string of the molecule is O=C(Nc1ccc(F)c([N+](=O)[O-])c1)[C@@H]1CCCCN1. The molecule has 0 spiro atoms. The Morgan fingerprint density at radius 3 is 2.89 bits per heavy atom. The summed E-state index contributed by atoms with van der Waals surface area (Å²) in [5.41, 5.74) is -0.417. The maximum Gasteiger partial charge on any atom is 0.306 e. The molecule has 0 unspecified atom stereocenters. The normalized spacial score (nSPS) is 18.9. The van der Waals surface area contributed by atoms with Gasteiger partial charge in [-0.2, -0.15) is 4.39 Å². The third-order valence-corrected chi connectivity index (χ3v) is 3.04. The summed E-state index contributed by atoms with van der Waals surface area (Å²) in [5, 5.41) is 16.2. The van der Waals surface area contributed by atoms with E-state index in [1.165, 1.54) is 6.07 Å². The standard InChI is InChI=1S/C12H14FN3O3/c13-9-5-4-8(7-11(9)16(18)19)15-12(17)10-3-1-2-6-14-10/h4-5,7,10,14H,1-3,6H2,(H,15,17)/t10-/m0/s1. The summed E-state index contributed by atoms with van der Waals surface area (Å²) in [6.07, 6.45) is 2.73. The molecule has 1 amide bonds. The second kappa shape index (κ2) is 5.75. The highest BCUT2D eigenvalue weighted by Gasteiger charge is 2.21. The van der Waals surface area contributed by atoms with Gasteiger partial charge >= 0.3 is 5.69 Å². The number of benzene rings is 1. The molecule has 7 heteroatoms. The third kappa shape index (κ3) is 3.25. The molecule has 1 atom stereocenters. The van der Waals surface area contributed by atoms with Gasteiger partial charge in [0, 0.05) is 11.8 Å². The fourth-order valence-corrected chi connectivity index (χ4v) is 2.04. The number of nitrogens with one attached hydrogen (secondary N) is 2. The highest BCUT2D eigenvalue weighted by atomic mass is 19.1. The highest BCUT2D eigenvalue weighted by Crippen LogP contribution is 2.22. The van der Waals surface area contributed by atoms with Crippen molar-refractivity contribution in [1.29, 1.82) is 0 Å². The average Bonchev–Trinajstić information content (AvgIpc) is 2.41. The van der Waals surface area contributed by atoms with Crippen molar-refractivity contribution in [3.8, 4) is 0 Å². The van der Waals surface area contributed by atoms with E-state index in [1.54, 1.807) is 0 Å². The fourth-order valence-electron chi connectivity index (χ4n) is 2.04. The number of nitrogens with zero attached hydrogens (tertiary/aromatic N) is 1. The molecular formula is C12H14FN3O3. The van der Waals surface area contributed by atoms with Crippen LogP contribution < -0.4 is 10.6 Å². The molecule has 2 N–H and O–H groups in total. The average molecular weight is 267 g/mol. The number of hydrogen-bond acceptors (Lipinski definition) is 4. The van der Waals surface area contributed by atoms with Gasteiger partial charge in [-0.05, 0) is 31.5 Å². The predicted molar refractivity (Wildman–Crippen MR) is 67.3 cm³/mol. The van der Waals surface area contributed by atoms with Crippen molar-refractivity contribution in [3.63, 3.8) is 0 Å². The fraction of sp³-hybridized carbons (Fsp3) is 0.417. The van der Waals surface area contributed by atoms with E-state index in [1.807, 2.05) is 0 Å². The van der Waals surface area contributed by atoms with Crippen molar-refractivity contribution >= 4 is 17.3 Å². The molecule has 1 saturated heterocycles. The lowest BCUT2D eigenvalue weighted by Crippen LogP contribution is -2.43. The molecule has 1 aromatic carbocycles. The Balaban J connectivity index is 2.08. The third-order valence-electron chi connectivity index (χ3n) is 3.04. The molecular weight excluding hydrogens is 253 g/mol. The Morgan fingerprint density at radius 1 is 1.47 bits per heavy atom. The predicted octanol–water partition coefficient (Wildman–Crippen LogP) is 1.81. The number of piperidine rings is 1. The Kier molecular flexibility index (Phi) is 4.06. The largest absolute Gasteiger partial charge is 0.324 e. The number of carbonyl (C=O) groups is 1. The first kappa shape index (κ1) is 13.4. The minimum Gasteiger partial charge on any atom is -0.324 e. The van der Waals surface area contributed by atoms with Crippen molar-refractivity contribution < 1.29 is 14.1 Å². The second-order valence-corrected chi connectivity index (χ2v) is 4.42. The molecule has 1 aliphatic heterocycles. The summed E-state index contributed by atoms with van der Waals surface area (Å²) < 4.78 is 13.1. The zero-order valence-corrected chi connectivity index (χ0v) is 10.2. The lowest BCUT2D eigenvalue weighted by Gasteiger charge is -2.22. The van der Waals surface area contributed by atoms with Crippen molar-refractivity contribution in [2.45, 2.75) is 25.3 Å². The molecule has 1 aliphatic rings. The molecule has 19 heavy (non-hydrogen) atoms. The van der Waals surface area contributed by atoms with Gasteiger partial charge in [-0.1, -0.05) is 6.42 Å². The quantitative estimate of drug-likeness (QED) is 0.646. The summed E-state index contributed by atoms with van der Waals surface area (Å²) in [4.78, 5) is 21.7. The Labute approximate surface area is 109 Å². The van der Waals surface area contributed by atoms with Gasteiger partial charge in [-0.15, -0.1) is 0 Å². The number of nitro benzene ring substituents is 1. The van der Waals surface area contributed by atoms with Gasteiger partial charge in [-0.3, -0.25) is 14.9 Å². The minimum absolute atomic E-state index is 0.227. The van der Waals surface area contributed by atoms with E-state index in [0.29, 0.717) is 0 Å². The monoisotopic (exact) mass is 267 g/mol. The van der Waals surface area contributed by atoms with Crippen LogP contribution >= 0.6 is 0 Å². The lowest BCUT2D eigenvalue weighted by atomic mass is 10.0. The van der Waals surface area contributed by atoms with Gasteiger partial charge in [0.25, 0.3) is 0 Å². The van der Waals surface area contributed by atoms with E-state index >= 15 is 0 Å². The van der Waals surface area contributed by atoms with E-state index in [4.69, 9.17) is 0 Å². The van der Waals surface area contributed by atoms with Crippen LogP contribution in [0.1, 0.15) is 19.3 Å². The first-order valence-corrected chi connectivity index (χ1v) is 6.06. The molecule has 1 heterocycles. The van der Waals surface area contributed by atoms with Crippen LogP contribution in [0.25, 0.3) is 0 Å². The molecule has 0 bridgehead atoms. The minimum atomic E-state index is -0.918. The van der Waals surface area contributed by atoms with Gasteiger partial charge in [0.15, 0.2) is 0 Å². The Morgan fingerprint density at radius 2 is 2.26 bits per heavy atom. The number of amides is 1. The first-order chi connectivity index (χ1) is 9.08. The maximum atomic E-state index is 13.1. The molecule has 6 nitrogen and oxygen atoms in total. The summed E-state index contributed by atoms with van der Waals surface area (Å²) >= 11 is 0. The van der Waals surface area contributed by atoms with Gasteiger partial charge in [0.2, 0.25) is 11.7 Å². The van der Waals surface area contributed by atoms with Crippen LogP contribution in [0.3, 0.4) is 0 Å². The van der Waals surface area contributed by atoms with Gasteiger partial charge in [0.05, 0.1) is 11.0 Å². The van der Waals surface area contributed by atoms with E-state index in [-0.39, 0.29) is 17.6 Å². The van der Waals surface area contributed by atoms with E-state index in [9.17, 15) is 19.3 Å². The Hall–Kier alpha value is -2.02. The number of halogens is 1. The van der Waals surface area contributed by atoms with E-state index in [0.717, 1.165) is 37.9 Å². The number of anilines is 1. The van der Waals surface area contributed by atoms with Crippen LogP contribution in [-0.2, 0) is 4.79 Å². The number of nitro groups is 1. The molecule has 0 aliphatic carbocycles. The number of carbonyl (C=O) groups excluding carboxylic acids is 1. The summed E-state index contributed by atoms with van der Waals surface area (Å²) in [5.74, 6) is -1.17. The smallest absolute Gasteiger partial charge is 0.306 e. The summed E-state index contributed by atoms with van der Waals surface area (Å²) in [7, 11) is 0. The lowest BCUT2D eigenvalue weighted by molar-refractivity contribution is -0.387. The molecule has 1 fully saturated rings. The van der Waals surface area contributed by atoms with E-state index < -0.39 is 16.4 Å². The van der Waals surface area contributed by atoms with Crippen LogP contribution in [0.15, 0.2) is 18.2 Å². The van der Waals surface area contributed by atoms with Crippen LogP contribution in [0.2, 0.25) is 0 Å². The van der Waals surface area contributed by atoms with Crippen LogP contribution in [0.5, 0.6) is 0 Å². The summed E-state index contributed by atoms with van der Waals surface area (Å²) in [6.45, 7) is 0.779. The molecule has 1 aromatic rings. The van der Waals surface area contributed by atoms with Crippen molar-refractivity contribution in [3.05, 3.63) is 34.1 Å². The van der Waals surface area contributed by atoms with Crippen LogP contribution in [-0.4, -0.2) is 23.4 Å². The number of rotatable bonds is 3. The number of hydrogen-bond donors (Lipinski definition) is 2. The maximum absolute atomic E-state index is 13.1. The molecule has 0 aromatic heterocycles. The highest BCUT2D eigenvalue weighted by molar-refractivity contribution is 5.95. The van der Waals surface area contributed by atoms with Gasteiger partial charge in [-0.25, -0.2) is 0 Å². The molecule has 0 radical (unpaired) electrons. The van der Waals surface area contributed by atoms with Crippen molar-refractivity contribution in [2.24, 2.45) is 0 Å². The molecule has 0 saturated carbocycles. The zero-order valence-electron chi connectivity index (χ0n) is 10.2. The van der Waals surface area contributed by atoms with Gasteiger partial charge < -0.3 is 10.6 Å². The van der Waals surface area contributed by atoms with Gasteiger partial charge in [0.1, 0.15) is 0 Å².